The van der Waals surface area contributed by atoms with Crippen LogP contribution in [-0.4, -0.2) is 51.5 Å². The molecular weight excluding hydrogens is 328 g/mol. The van der Waals surface area contributed by atoms with Crippen molar-refractivity contribution < 1.29 is 17.9 Å². The van der Waals surface area contributed by atoms with E-state index in [0.29, 0.717) is 31.2 Å². The number of piperidine rings is 1. The summed E-state index contributed by atoms with van der Waals surface area (Å²) in [6.07, 6.45) is 1.77. The number of rotatable bonds is 6. The third kappa shape index (κ3) is 4.55. The molecule has 1 aliphatic rings. The molecule has 134 valence electrons. The Morgan fingerprint density at radius 1 is 1.29 bits per heavy atom. The van der Waals surface area contributed by atoms with Crippen LogP contribution in [0.15, 0.2) is 29.2 Å². The highest BCUT2D eigenvalue weighted by Gasteiger charge is 2.28. The number of nitrogens with zero attached hydrogens (tertiary/aromatic N) is 1. The Balaban J connectivity index is 2.07. The van der Waals surface area contributed by atoms with E-state index in [2.05, 4.69) is 12.2 Å². The van der Waals surface area contributed by atoms with Crippen molar-refractivity contribution in [3.63, 3.8) is 0 Å². The summed E-state index contributed by atoms with van der Waals surface area (Å²) in [5.41, 5.74) is 0.434. The Bertz CT molecular complexity index is 650. The van der Waals surface area contributed by atoms with Crippen LogP contribution >= 0.6 is 0 Å². The lowest BCUT2D eigenvalue weighted by Gasteiger charge is -2.29. The summed E-state index contributed by atoms with van der Waals surface area (Å²) in [7, 11) is -1.90. The van der Waals surface area contributed by atoms with Crippen LogP contribution in [0, 0.1) is 5.92 Å². The maximum absolute atomic E-state index is 12.6. The van der Waals surface area contributed by atoms with Crippen LogP contribution < -0.4 is 5.32 Å². The number of sulfonamides is 1. The molecule has 1 amide bonds. The second kappa shape index (κ2) is 8.09. The topological polar surface area (TPSA) is 75.7 Å². The lowest BCUT2D eigenvalue weighted by Crippen LogP contribution is -2.38. The van der Waals surface area contributed by atoms with E-state index in [4.69, 9.17) is 4.74 Å². The van der Waals surface area contributed by atoms with E-state index in [1.54, 1.807) is 19.2 Å². The highest BCUT2D eigenvalue weighted by Crippen LogP contribution is 2.23. The third-order valence-corrected chi connectivity index (χ3v) is 6.20. The first-order valence-corrected chi connectivity index (χ1v) is 9.68. The standard InChI is InChI=1S/C17H26N2O4S/c1-13-8-10-19(11-9-13)24(21,22)16-6-4-15(5-7-16)17(20)18-14(2)12-23-3/h4-7,13-14H,8-12H2,1-3H3,(H,18,20)/t14-/m1/s1. The molecule has 7 heteroatoms. The fourth-order valence-electron chi connectivity index (χ4n) is 2.75. The van der Waals surface area contributed by atoms with Gasteiger partial charge in [-0.05, 0) is 49.9 Å². The van der Waals surface area contributed by atoms with Gasteiger partial charge in [0, 0.05) is 31.8 Å². The molecule has 0 aliphatic carbocycles. The number of nitrogens with one attached hydrogen (secondary N) is 1. The molecule has 2 rings (SSSR count). The minimum absolute atomic E-state index is 0.110. The summed E-state index contributed by atoms with van der Waals surface area (Å²) in [6, 6.07) is 6.00. The van der Waals surface area contributed by atoms with Gasteiger partial charge in [0.1, 0.15) is 0 Å². The largest absolute Gasteiger partial charge is 0.383 e. The van der Waals surface area contributed by atoms with Crippen molar-refractivity contribution >= 4 is 15.9 Å². The summed E-state index contributed by atoms with van der Waals surface area (Å²) in [4.78, 5) is 12.3. The summed E-state index contributed by atoms with van der Waals surface area (Å²) in [5, 5.41) is 2.80. The van der Waals surface area contributed by atoms with E-state index < -0.39 is 10.0 Å². The molecule has 0 saturated carbocycles. The van der Waals surface area contributed by atoms with E-state index in [0.717, 1.165) is 12.8 Å². The molecule has 0 spiro atoms. The van der Waals surface area contributed by atoms with E-state index in [9.17, 15) is 13.2 Å². The van der Waals surface area contributed by atoms with E-state index in [1.165, 1.54) is 16.4 Å². The molecule has 1 aromatic carbocycles. The first-order chi connectivity index (χ1) is 11.3. The molecule has 0 unspecified atom stereocenters. The summed E-state index contributed by atoms with van der Waals surface area (Å²) >= 11 is 0. The van der Waals surface area contributed by atoms with Crippen LogP contribution in [-0.2, 0) is 14.8 Å². The van der Waals surface area contributed by atoms with Gasteiger partial charge in [0.2, 0.25) is 10.0 Å². The molecule has 24 heavy (non-hydrogen) atoms. The van der Waals surface area contributed by atoms with Crippen molar-refractivity contribution in [2.24, 2.45) is 5.92 Å². The molecule has 1 aromatic rings. The fourth-order valence-corrected chi connectivity index (χ4v) is 4.22. The number of benzene rings is 1. The van der Waals surface area contributed by atoms with Gasteiger partial charge in [-0.3, -0.25) is 4.79 Å². The summed E-state index contributed by atoms with van der Waals surface area (Å²) in [6.45, 7) is 5.52. The van der Waals surface area contributed by atoms with Crippen LogP contribution in [0.1, 0.15) is 37.0 Å². The Kier molecular flexibility index (Phi) is 6.37. The lowest BCUT2D eigenvalue weighted by molar-refractivity contribution is 0.0905. The van der Waals surface area contributed by atoms with E-state index in [-0.39, 0.29) is 16.8 Å². The van der Waals surface area contributed by atoms with Gasteiger partial charge in [-0.15, -0.1) is 0 Å². The van der Waals surface area contributed by atoms with Crippen LogP contribution in [0.25, 0.3) is 0 Å². The Morgan fingerprint density at radius 3 is 2.42 bits per heavy atom. The normalized spacial score (nSPS) is 18.3. The maximum Gasteiger partial charge on any atom is 0.251 e. The van der Waals surface area contributed by atoms with E-state index in [1.807, 2.05) is 6.92 Å². The minimum Gasteiger partial charge on any atom is -0.383 e. The highest BCUT2D eigenvalue weighted by molar-refractivity contribution is 7.89. The highest BCUT2D eigenvalue weighted by atomic mass is 32.2. The van der Waals surface area contributed by atoms with Crippen molar-refractivity contribution in [3.05, 3.63) is 29.8 Å². The predicted octanol–water partition coefficient (Wildman–Crippen LogP) is 1.87. The van der Waals surface area contributed by atoms with Crippen LogP contribution in [0.3, 0.4) is 0 Å². The first-order valence-electron chi connectivity index (χ1n) is 8.24. The smallest absolute Gasteiger partial charge is 0.251 e. The first kappa shape index (κ1) is 18.9. The minimum atomic E-state index is -3.48. The fraction of sp³-hybridized carbons (Fsp3) is 0.588. The SMILES string of the molecule is COC[C@@H](C)NC(=O)c1ccc(S(=O)(=O)N2CCC(C)CC2)cc1. The van der Waals surface area contributed by atoms with E-state index >= 15 is 0 Å². The molecule has 1 atom stereocenters. The van der Waals surface area contributed by atoms with Gasteiger partial charge in [0.05, 0.1) is 11.5 Å². The zero-order chi connectivity index (χ0) is 17.7. The molecule has 6 nitrogen and oxygen atoms in total. The van der Waals surface area contributed by atoms with Gasteiger partial charge in [-0.25, -0.2) is 8.42 Å². The summed E-state index contributed by atoms with van der Waals surface area (Å²) in [5.74, 6) is 0.326. The van der Waals surface area contributed by atoms with Gasteiger partial charge in [0.25, 0.3) is 5.91 Å². The van der Waals surface area contributed by atoms with Crippen molar-refractivity contribution in [2.45, 2.75) is 37.6 Å². The van der Waals surface area contributed by atoms with Gasteiger partial charge < -0.3 is 10.1 Å². The monoisotopic (exact) mass is 354 g/mol. The molecule has 1 fully saturated rings. The number of ether oxygens (including phenoxy) is 1. The number of methoxy groups -OCH3 is 1. The zero-order valence-corrected chi connectivity index (χ0v) is 15.3. The Labute approximate surface area is 144 Å². The predicted molar refractivity (Wildman–Crippen MR) is 92.4 cm³/mol. The Hall–Kier alpha value is -1.44. The van der Waals surface area contributed by atoms with Gasteiger partial charge in [0.15, 0.2) is 0 Å². The lowest BCUT2D eigenvalue weighted by atomic mass is 10.0. The van der Waals surface area contributed by atoms with Crippen molar-refractivity contribution in [2.75, 3.05) is 26.8 Å². The summed E-state index contributed by atoms with van der Waals surface area (Å²) < 4.78 is 31.8. The zero-order valence-electron chi connectivity index (χ0n) is 14.5. The molecule has 1 N–H and O–H groups in total. The second-order valence-corrected chi connectivity index (χ2v) is 8.38. The van der Waals surface area contributed by atoms with Gasteiger partial charge >= 0.3 is 0 Å². The van der Waals surface area contributed by atoms with Crippen molar-refractivity contribution in [1.82, 2.24) is 9.62 Å². The third-order valence-electron chi connectivity index (χ3n) is 4.29. The quantitative estimate of drug-likeness (QED) is 0.846. The maximum atomic E-state index is 12.6. The second-order valence-electron chi connectivity index (χ2n) is 6.44. The van der Waals surface area contributed by atoms with Gasteiger partial charge in [-0.2, -0.15) is 4.31 Å². The molecule has 1 heterocycles. The van der Waals surface area contributed by atoms with Crippen LogP contribution in [0.5, 0.6) is 0 Å². The van der Waals surface area contributed by atoms with Gasteiger partial charge in [-0.1, -0.05) is 6.92 Å². The van der Waals surface area contributed by atoms with Crippen molar-refractivity contribution in [1.29, 1.82) is 0 Å². The number of amides is 1. The number of hydrogen-bond donors (Lipinski definition) is 1. The van der Waals surface area contributed by atoms with Crippen molar-refractivity contribution in [3.8, 4) is 0 Å². The molecule has 1 saturated heterocycles. The Morgan fingerprint density at radius 2 is 1.88 bits per heavy atom. The average Bonchev–Trinajstić information content (AvgIpc) is 2.55. The van der Waals surface area contributed by atoms with Crippen LogP contribution in [0.4, 0.5) is 0 Å². The number of hydrogen-bond acceptors (Lipinski definition) is 4. The van der Waals surface area contributed by atoms with Crippen LogP contribution in [0.2, 0.25) is 0 Å². The number of carbonyl (C=O) groups is 1. The molecule has 0 aromatic heterocycles. The molecule has 0 radical (unpaired) electrons. The molecular formula is C17H26N2O4S. The molecule has 1 aliphatic heterocycles. The number of carbonyl (C=O) groups excluding carboxylic acids is 1. The molecule has 0 bridgehead atoms. The average molecular weight is 354 g/mol.